The summed E-state index contributed by atoms with van der Waals surface area (Å²) < 4.78 is 45.8. The molecule has 0 aromatic heterocycles. The van der Waals surface area contributed by atoms with Gasteiger partial charge in [-0.2, -0.15) is 13.2 Å². The lowest BCUT2D eigenvalue weighted by Gasteiger charge is -2.19. The molecular weight excluding hydrogens is 259 g/mol. The zero-order valence-corrected chi connectivity index (χ0v) is 11.2. The van der Waals surface area contributed by atoms with Crippen LogP contribution in [0.15, 0.2) is 12.1 Å². The van der Waals surface area contributed by atoms with E-state index in [9.17, 15) is 13.2 Å². The van der Waals surface area contributed by atoms with Crippen molar-refractivity contribution in [3.8, 4) is 5.75 Å². The van der Waals surface area contributed by atoms with Gasteiger partial charge in [-0.1, -0.05) is 12.1 Å². The van der Waals surface area contributed by atoms with Crippen LogP contribution in [-0.2, 0) is 4.74 Å². The molecule has 108 valence electrons. The van der Waals surface area contributed by atoms with E-state index in [1.54, 1.807) is 6.07 Å². The lowest BCUT2D eigenvalue weighted by molar-refractivity contribution is -0.174. The highest BCUT2D eigenvalue weighted by Gasteiger charge is 2.28. The Hall–Kier alpha value is -1.27. The maximum atomic E-state index is 12.0. The lowest BCUT2D eigenvalue weighted by Crippen LogP contribution is -2.23. The molecule has 2 N–H and O–H groups in total. The van der Waals surface area contributed by atoms with Gasteiger partial charge in [0.1, 0.15) is 12.4 Å². The van der Waals surface area contributed by atoms with Crippen molar-refractivity contribution in [1.82, 2.24) is 0 Å². The second-order valence-electron chi connectivity index (χ2n) is 4.37. The van der Waals surface area contributed by atoms with Crippen LogP contribution >= 0.6 is 0 Å². The molecule has 6 heteroatoms. The van der Waals surface area contributed by atoms with E-state index in [1.165, 1.54) is 7.11 Å². The molecule has 0 heterocycles. The highest BCUT2D eigenvalue weighted by atomic mass is 19.4. The molecule has 0 amide bonds. The smallest absolute Gasteiger partial charge is 0.411 e. The Morgan fingerprint density at radius 2 is 1.89 bits per heavy atom. The Morgan fingerprint density at radius 1 is 1.26 bits per heavy atom. The predicted octanol–water partition coefficient (Wildman–Crippen LogP) is 2.89. The van der Waals surface area contributed by atoms with Gasteiger partial charge in [0.25, 0.3) is 0 Å². The summed E-state index contributed by atoms with van der Waals surface area (Å²) in [4.78, 5) is 0. The predicted molar refractivity (Wildman–Crippen MR) is 66.3 cm³/mol. The number of methoxy groups -OCH3 is 1. The van der Waals surface area contributed by atoms with Crippen LogP contribution in [0.2, 0.25) is 0 Å². The fourth-order valence-corrected chi connectivity index (χ4v) is 1.77. The van der Waals surface area contributed by atoms with Crippen LogP contribution in [0.4, 0.5) is 13.2 Å². The minimum atomic E-state index is -4.34. The van der Waals surface area contributed by atoms with Crippen LogP contribution in [0.25, 0.3) is 0 Å². The van der Waals surface area contributed by atoms with Gasteiger partial charge in [-0.05, 0) is 25.0 Å². The number of rotatable bonds is 5. The molecular formula is C13H18F3NO2. The molecule has 0 aliphatic carbocycles. The van der Waals surface area contributed by atoms with E-state index in [0.29, 0.717) is 11.3 Å². The van der Waals surface area contributed by atoms with Gasteiger partial charge in [0.2, 0.25) is 0 Å². The summed E-state index contributed by atoms with van der Waals surface area (Å²) >= 11 is 0. The number of benzene rings is 1. The fourth-order valence-electron chi connectivity index (χ4n) is 1.77. The van der Waals surface area contributed by atoms with Gasteiger partial charge < -0.3 is 15.2 Å². The van der Waals surface area contributed by atoms with Crippen LogP contribution in [0.1, 0.15) is 22.7 Å². The van der Waals surface area contributed by atoms with E-state index >= 15 is 0 Å². The molecule has 1 aromatic carbocycles. The quantitative estimate of drug-likeness (QED) is 0.900. The van der Waals surface area contributed by atoms with Gasteiger partial charge in [-0.3, -0.25) is 0 Å². The summed E-state index contributed by atoms with van der Waals surface area (Å²) in [5.41, 5.74) is 8.45. The molecule has 0 radical (unpaired) electrons. The number of hydrogen-bond donors (Lipinski definition) is 1. The Labute approximate surface area is 110 Å². The average Bonchev–Trinajstić information content (AvgIpc) is 2.30. The number of aryl methyl sites for hydroxylation is 1. The van der Waals surface area contributed by atoms with Crippen LogP contribution in [-0.4, -0.2) is 26.5 Å². The summed E-state index contributed by atoms with van der Waals surface area (Å²) in [6.07, 6.45) is -4.34. The van der Waals surface area contributed by atoms with Crippen molar-refractivity contribution < 1.29 is 22.6 Å². The summed E-state index contributed by atoms with van der Waals surface area (Å²) in [7, 11) is 1.51. The summed E-state index contributed by atoms with van der Waals surface area (Å²) in [6, 6.07) is 2.95. The first kappa shape index (κ1) is 15.8. The first-order chi connectivity index (χ1) is 8.76. The van der Waals surface area contributed by atoms with Crippen molar-refractivity contribution in [1.29, 1.82) is 0 Å². The van der Waals surface area contributed by atoms with Crippen molar-refractivity contribution in [2.75, 3.05) is 20.3 Å². The molecule has 1 atom stereocenters. The second kappa shape index (κ2) is 6.25. The largest absolute Gasteiger partial charge is 0.496 e. The topological polar surface area (TPSA) is 44.5 Å². The highest BCUT2D eigenvalue weighted by Crippen LogP contribution is 2.30. The molecule has 0 spiro atoms. The molecule has 19 heavy (non-hydrogen) atoms. The minimum absolute atomic E-state index is 0.210. The molecule has 0 saturated heterocycles. The molecule has 1 aromatic rings. The third kappa shape index (κ3) is 4.40. The van der Waals surface area contributed by atoms with Crippen molar-refractivity contribution in [3.63, 3.8) is 0 Å². The third-order valence-electron chi connectivity index (χ3n) is 2.87. The van der Waals surface area contributed by atoms with Crippen LogP contribution in [0.5, 0.6) is 5.75 Å². The Morgan fingerprint density at radius 3 is 2.42 bits per heavy atom. The number of alkyl halides is 3. The van der Waals surface area contributed by atoms with Gasteiger partial charge in [0.15, 0.2) is 0 Å². The SMILES string of the molecule is COc1c(C(N)COCC(F)(F)F)ccc(C)c1C. The van der Waals surface area contributed by atoms with Crippen molar-refractivity contribution >= 4 is 0 Å². The second-order valence-corrected chi connectivity index (χ2v) is 4.37. The monoisotopic (exact) mass is 277 g/mol. The van der Waals surface area contributed by atoms with Gasteiger partial charge in [-0.15, -0.1) is 0 Å². The third-order valence-corrected chi connectivity index (χ3v) is 2.87. The maximum Gasteiger partial charge on any atom is 0.411 e. The molecule has 0 saturated carbocycles. The van der Waals surface area contributed by atoms with Crippen LogP contribution in [0.3, 0.4) is 0 Å². The minimum Gasteiger partial charge on any atom is -0.496 e. The molecule has 0 aliphatic heterocycles. The van der Waals surface area contributed by atoms with Crippen molar-refractivity contribution in [2.45, 2.75) is 26.1 Å². The molecule has 1 unspecified atom stereocenters. The number of ether oxygens (including phenoxy) is 2. The average molecular weight is 277 g/mol. The van der Waals surface area contributed by atoms with Gasteiger partial charge >= 0.3 is 6.18 Å². The fraction of sp³-hybridized carbons (Fsp3) is 0.538. The number of hydrogen-bond acceptors (Lipinski definition) is 3. The zero-order valence-electron chi connectivity index (χ0n) is 11.2. The van der Waals surface area contributed by atoms with E-state index in [0.717, 1.165) is 11.1 Å². The molecule has 0 aliphatic rings. The van der Waals surface area contributed by atoms with E-state index in [1.807, 2.05) is 19.9 Å². The van der Waals surface area contributed by atoms with E-state index in [2.05, 4.69) is 4.74 Å². The van der Waals surface area contributed by atoms with Gasteiger partial charge in [0, 0.05) is 5.56 Å². The van der Waals surface area contributed by atoms with Gasteiger partial charge in [0.05, 0.1) is 19.8 Å². The van der Waals surface area contributed by atoms with E-state index < -0.39 is 18.8 Å². The van der Waals surface area contributed by atoms with Crippen molar-refractivity contribution in [2.24, 2.45) is 5.73 Å². The van der Waals surface area contributed by atoms with Crippen LogP contribution < -0.4 is 10.5 Å². The zero-order chi connectivity index (χ0) is 14.6. The van der Waals surface area contributed by atoms with Gasteiger partial charge in [-0.25, -0.2) is 0 Å². The molecule has 0 fully saturated rings. The van der Waals surface area contributed by atoms with Crippen molar-refractivity contribution in [3.05, 3.63) is 28.8 Å². The number of nitrogens with two attached hydrogens (primary N) is 1. The highest BCUT2D eigenvalue weighted by molar-refractivity contribution is 5.46. The van der Waals surface area contributed by atoms with E-state index in [4.69, 9.17) is 10.5 Å². The summed E-state index contributed by atoms with van der Waals surface area (Å²) in [6.45, 7) is 2.29. The molecule has 3 nitrogen and oxygen atoms in total. The lowest BCUT2D eigenvalue weighted by atomic mass is 10.00. The Balaban J connectivity index is 2.77. The maximum absolute atomic E-state index is 12.0. The summed E-state index contributed by atoms with van der Waals surface area (Å²) in [5, 5.41) is 0. The Bertz CT molecular complexity index is 433. The first-order valence-corrected chi connectivity index (χ1v) is 5.80. The normalized spacial score (nSPS) is 13.4. The Kier molecular flexibility index (Phi) is 5.20. The first-order valence-electron chi connectivity index (χ1n) is 5.80. The standard InChI is InChI=1S/C13H18F3NO2/c1-8-4-5-10(12(18-3)9(8)2)11(17)6-19-7-13(14,15)16/h4-5,11H,6-7,17H2,1-3H3. The molecule has 0 bridgehead atoms. The molecule has 1 rings (SSSR count). The summed E-state index contributed by atoms with van der Waals surface area (Å²) in [5.74, 6) is 0.600. The number of halogens is 3. The van der Waals surface area contributed by atoms with E-state index in [-0.39, 0.29) is 6.61 Å². The van der Waals surface area contributed by atoms with Crippen LogP contribution in [0, 0.1) is 13.8 Å².